The summed E-state index contributed by atoms with van der Waals surface area (Å²) in [5.41, 5.74) is 0. The molecule has 1 saturated carbocycles. The highest BCUT2D eigenvalue weighted by molar-refractivity contribution is 5.78. The molecular formula is C13H23NO. The largest absolute Gasteiger partial charge is 0.300 e. The van der Waals surface area contributed by atoms with Gasteiger partial charge in [0.15, 0.2) is 0 Å². The van der Waals surface area contributed by atoms with Crippen LogP contribution in [0.5, 0.6) is 0 Å². The molecule has 2 heteroatoms. The molecule has 0 aromatic carbocycles. The molecule has 0 spiro atoms. The molecule has 2 aliphatic rings. The summed E-state index contributed by atoms with van der Waals surface area (Å²) in [6.45, 7) is 4.03. The molecule has 2 fully saturated rings. The van der Waals surface area contributed by atoms with E-state index in [0.717, 1.165) is 19.0 Å². The van der Waals surface area contributed by atoms with Crippen LogP contribution in [0.15, 0.2) is 0 Å². The lowest BCUT2D eigenvalue weighted by Gasteiger charge is -2.39. The zero-order valence-electron chi connectivity index (χ0n) is 9.87. The minimum atomic E-state index is 0.334. The number of nitrogens with zero attached hydrogens (tertiary/aromatic N) is 1. The zero-order chi connectivity index (χ0) is 10.7. The van der Waals surface area contributed by atoms with E-state index < -0.39 is 0 Å². The highest BCUT2D eigenvalue weighted by Gasteiger charge is 2.28. The van der Waals surface area contributed by atoms with Gasteiger partial charge in [0.05, 0.1) is 0 Å². The molecule has 1 aliphatic heterocycles. The van der Waals surface area contributed by atoms with Gasteiger partial charge in [-0.25, -0.2) is 0 Å². The molecule has 15 heavy (non-hydrogen) atoms. The summed E-state index contributed by atoms with van der Waals surface area (Å²) in [5, 5.41) is 0. The molecular weight excluding hydrogens is 186 g/mol. The monoisotopic (exact) mass is 209 g/mol. The summed E-state index contributed by atoms with van der Waals surface area (Å²) in [6, 6.07) is 0.792. The van der Waals surface area contributed by atoms with Gasteiger partial charge in [-0.15, -0.1) is 0 Å². The van der Waals surface area contributed by atoms with Crippen LogP contribution in [0.2, 0.25) is 0 Å². The third-order valence-electron chi connectivity index (χ3n) is 4.12. The standard InChI is InChI=1S/C13H23NO/c1-11(15)12-6-5-9-14(10-12)13-7-3-2-4-8-13/h12-13H,2-10H2,1H3. The SMILES string of the molecule is CC(=O)C1CCCN(C2CCCCC2)C1. The van der Waals surface area contributed by atoms with Crippen LogP contribution < -0.4 is 0 Å². The Balaban J connectivity index is 1.88. The van der Waals surface area contributed by atoms with Gasteiger partial charge in [-0.2, -0.15) is 0 Å². The first-order valence-corrected chi connectivity index (χ1v) is 6.52. The van der Waals surface area contributed by atoms with Gasteiger partial charge in [0.1, 0.15) is 5.78 Å². The molecule has 0 aromatic rings. The van der Waals surface area contributed by atoms with E-state index in [-0.39, 0.29) is 0 Å². The third kappa shape index (κ3) is 2.81. The van der Waals surface area contributed by atoms with Crippen LogP contribution in [0.1, 0.15) is 51.9 Å². The van der Waals surface area contributed by atoms with Crippen molar-refractivity contribution in [1.82, 2.24) is 4.90 Å². The second-order valence-corrected chi connectivity index (χ2v) is 5.24. The number of ketones is 1. The van der Waals surface area contributed by atoms with Gasteiger partial charge >= 0.3 is 0 Å². The number of likely N-dealkylation sites (tertiary alicyclic amines) is 1. The molecule has 2 rings (SSSR count). The van der Waals surface area contributed by atoms with E-state index in [0.29, 0.717) is 11.7 Å². The Hall–Kier alpha value is -0.370. The second-order valence-electron chi connectivity index (χ2n) is 5.24. The molecule has 0 radical (unpaired) electrons. The quantitative estimate of drug-likeness (QED) is 0.697. The number of piperidine rings is 1. The lowest BCUT2D eigenvalue weighted by Crippen LogP contribution is -2.45. The highest BCUT2D eigenvalue weighted by atomic mass is 16.1. The average Bonchev–Trinajstić information content (AvgIpc) is 2.30. The molecule has 2 nitrogen and oxygen atoms in total. The second kappa shape index (κ2) is 5.11. The van der Waals surface area contributed by atoms with E-state index in [4.69, 9.17) is 0 Å². The third-order valence-corrected chi connectivity index (χ3v) is 4.12. The van der Waals surface area contributed by atoms with Crippen molar-refractivity contribution in [2.24, 2.45) is 5.92 Å². The fraction of sp³-hybridized carbons (Fsp3) is 0.923. The Labute approximate surface area is 93.0 Å². The summed E-state index contributed by atoms with van der Waals surface area (Å²) in [5.74, 6) is 0.733. The van der Waals surface area contributed by atoms with E-state index in [1.807, 2.05) is 0 Å². The zero-order valence-corrected chi connectivity index (χ0v) is 9.87. The molecule has 1 saturated heterocycles. The summed E-state index contributed by atoms with van der Waals surface area (Å²) in [6.07, 6.45) is 9.28. The molecule has 1 aliphatic carbocycles. The molecule has 0 aromatic heterocycles. The van der Waals surface area contributed by atoms with E-state index in [1.165, 1.54) is 45.1 Å². The fourth-order valence-corrected chi connectivity index (χ4v) is 3.12. The van der Waals surface area contributed by atoms with Gasteiger partial charge in [-0.3, -0.25) is 9.69 Å². The first-order chi connectivity index (χ1) is 7.27. The smallest absolute Gasteiger partial charge is 0.134 e. The van der Waals surface area contributed by atoms with Gasteiger partial charge in [0, 0.05) is 18.5 Å². The fourth-order valence-electron chi connectivity index (χ4n) is 3.12. The number of carbonyl (C=O) groups excluding carboxylic acids is 1. The van der Waals surface area contributed by atoms with Crippen molar-refractivity contribution in [1.29, 1.82) is 0 Å². The summed E-state index contributed by atoms with van der Waals surface area (Å²) in [7, 11) is 0. The van der Waals surface area contributed by atoms with Crippen LogP contribution in [0, 0.1) is 5.92 Å². The van der Waals surface area contributed by atoms with Crippen LogP contribution in [0.25, 0.3) is 0 Å². The molecule has 86 valence electrons. The lowest BCUT2D eigenvalue weighted by molar-refractivity contribution is -0.122. The van der Waals surface area contributed by atoms with E-state index >= 15 is 0 Å². The number of hydrogen-bond acceptors (Lipinski definition) is 2. The predicted octanol–water partition coefficient (Wildman–Crippen LogP) is 2.62. The maximum Gasteiger partial charge on any atom is 0.134 e. The summed E-state index contributed by atoms with van der Waals surface area (Å²) < 4.78 is 0. The Bertz CT molecular complexity index is 221. The summed E-state index contributed by atoms with van der Waals surface area (Å²) >= 11 is 0. The van der Waals surface area contributed by atoms with Crippen LogP contribution in [0.3, 0.4) is 0 Å². The maximum atomic E-state index is 11.4. The Morgan fingerprint density at radius 3 is 2.47 bits per heavy atom. The normalized spacial score (nSPS) is 30.3. The Morgan fingerprint density at radius 2 is 1.80 bits per heavy atom. The van der Waals surface area contributed by atoms with Crippen molar-refractivity contribution in [2.45, 2.75) is 57.9 Å². The first-order valence-electron chi connectivity index (χ1n) is 6.52. The van der Waals surface area contributed by atoms with Crippen molar-refractivity contribution in [3.8, 4) is 0 Å². The van der Waals surface area contributed by atoms with E-state index in [1.54, 1.807) is 6.92 Å². The number of rotatable bonds is 2. The van der Waals surface area contributed by atoms with Crippen LogP contribution in [-0.4, -0.2) is 29.8 Å². The topological polar surface area (TPSA) is 20.3 Å². The molecule has 0 bridgehead atoms. The van der Waals surface area contributed by atoms with Gasteiger partial charge < -0.3 is 0 Å². The van der Waals surface area contributed by atoms with Crippen LogP contribution in [-0.2, 0) is 4.79 Å². The van der Waals surface area contributed by atoms with Crippen molar-refractivity contribution < 1.29 is 4.79 Å². The number of Topliss-reactive ketones (excluding diaryl/α,β-unsaturated/α-hetero) is 1. The number of hydrogen-bond donors (Lipinski definition) is 0. The molecule has 1 atom stereocenters. The Morgan fingerprint density at radius 1 is 1.07 bits per heavy atom. The minimum absolute atomic E-state index is 0.334. The molecule has 1 heterocycles. The van der Waals surface area contributed by atoms with Crippen molar-refractivity contribution in [2.75, 3.05) is 13.1 Å². The molecule has 0 N–H and O–H groups in total. The van der Waals surface area contributed by atoms with E-state index in [2.05, 4.69) is 4.90 Å². The predicted molar refractivity (Wildman–Crippen MR) is 61.9 cm³/mol. The van der Waals surface area contributed by atoms with Gasteiger partial charge in [-0.05, 0) is 39.2 Å². The van der Waals surface area contributed by atoms with Gasteiger partial charge in [-0.1, -0.05) is 19.3 Å². The highest BCUT2D eigenvalue weighted by Crippen LogP contribution is 2.27. The van der Waals surface area contributed by atoms with Crippen molar-refractivity contribution in [3.05, 3.63) is 0 Å². The van der Waals surface area contributed by atoms with Crippen molar-refractivity contribution in [3.63, 3.8) is 0 Å². The summed E-state index contributed by atoms with van der Waals surface area (Å²) in [4.78, 5) is 14.0. The average molecular weight is 209 g/mol. The van der Waals surface area contributed by atoms with Gasteiger partial charge in [0.2, 0.25) is 0 Å². The number of carbonyl (C=O) groups is 1. The van der Waals surface area contributed by atoms with Gasteiger partial charge in [0.25, 0.3) is 0 Å². The van der Waals surface area contributed by atoms with E-state index in [9.17, 15) is 4.79 Å². The van der Waals surface area contributed by atoms with Crippen LogP contribution >= 0.6 is 0 Å². The van der Waals surface area contributed by atoms with Crippen molar-refractivity contribution >= 4 is 5.78 Å². The molecule has 1 unspecified atom stereocenters. The van der Waals surface area contributed by atoms with Crippen LogP contribution in [0.4, 0.5) is 0 Å². The molecule has 0 amide bonds. The lowest BCUT2D eigenvalue weighted by atomic mass is 9.89. The first kappa shape index (κ1) is 11.1. The maximum absolute atomic E-state index is 11.4. The Kier molecular flexibility index (Phi) is 3.79. The minimum Gasteiger partial charge on any atom is -0.300 e.